The number of aryl methyl sites for hydroxylation is 3. The van der Waals surface area contributed by atoms with Gasteiger partial charge in [-0.25, -0.2) is 4.98 Å². The third kappa shape index (κ3) is 2.19. The van der Waals surface area contributed by atoms with Crippen LogP contribution in [-0.4, -0.2) is 21.3 Å². The van der Waals surface area contributed by atoms with E-state index in [9.17, 15) is 0 Å². The van der Waals surface area contributed by atoms with Gasteiger partial charge in [-0.05, 0) is 44.2 Å². The molecule has 1 aliphatic rings. The summed E-state index contributed by atoms with van der Waals surface area (Å²) in [5, 5.41) is 9.57. The molecule has 1 N–H and O–H groups in total. The van der Waals surface area contributed by atoms with Crippen molar-refractivity contribution in [3.05, 3.63) is 17.3 Å². The van der Waals surface area contributed by atoms with E-state index in [1.165, 1.54) is 46.8 Å². The van der Waals surface area contributed by atoms with Gasteiger partial charge in [0.15, 0.2) is 5.82 Å². The molecule has 0 aliphatic heterocycles. The van der Waals surface area contributed by atoms with Gasteiger partial charge in [0.05, 0.1) is 10.2 Å². The predicted molar refractivity (Wildman–Crippen MR) is 93.8 cm³/mol. The smallest absolute Gasteiger partial charge is 0.166 e. The van der Waals surface area contributed by atoms with Crippen molar-refractivity contribution < 1.29 is 0 Å². The topological polar surface area (TPSA) is 42.7 Å². The van der Waals surface area contributed by atoms with E-state index in [1.807, 2.05) is 11.7 Å². The van der Waals surface area contributed by atoms with Crippen molar-refractivity contribution in [3.63, 3.8) is 0 Å². The minimum atomic E-state index is 0.813. The number of thiophene rings is 1. The summed E-state index contributed by atoms with van der Waals surface area (Å²) in [4.78, 5) is 5.84. The van der Waals surface area contributed by atoms with E-state index in [1.54, 1.807) is 11.3 Å². The van der Waals surface area contributed by atoms with E-state index in [0.29, 0.717) is 0 Å². The second kappa shape index (κ2) is 5.23. The summed E-state index contributed by atoms with van der Waals surface area (Å²) in [6, 6.07) is 2.16. The van der Waals surface area contributed by atoms with Crippen molar-refractivity contribution in [3.8, 4) is 0 Å². The Morgan fingerprint density at radius 1 is 1.32 bits per heavy atom. The fourth-order valence-electron chi connectivity index (χ4n) is 3.71. The SMILES string of the molecule is Cc1cc(C)c2c(n1)sc1c(NCC3CCCC3)nn(C)c12. The molecule has 0 bridgehead atoms. The highest BCUT2D eigenvalue weighted by atomic mass is 32.1. The molecular weight excluding hydrogens is 292 g/mol. The number of nitrogens with zero attached hydrogens (tertiary/aromatic N) is 3. The Kier molecular flexibility index (Phi) is 3.33. The van der Waals surface area contributed by atoms with E-state index < -0.39 is 0 Å². The third-order valence-corrected chi connectivity index (χ3v) is 5.86. The summed E-state index contributed by atoms with van der Waals surface area (Å²) in [6.07, 6.45) is 5.48. The first-order valence-corrected chi connectivity index (χ1v) is 8.92. The van der Waals surface area contributed by atoms with Crippen LogP contribution in [0.5, 0.6) is 0 Å². The molecule has 0 atom stereocenters. The molecular formula is C17H22N4S. The van der Waals surface area contributed by atoms with Gasteiger partial charge in [0.25, 0.3) is 0 Å². The van der Waals surface area contributed by atoms with E-state index in [2.05, 4.69) is 25.2 Å². The highest BCUT2D eigenvalue weighted by Gasteiger charge is 2.20. The summed E-state index contributed by atoms with van der Waals surface area (Å²) >= 11 is 1.76. The van der Waals surface area contributed by atoms with E-state index >= 15 is 0 Å². The zero-order valence-corrected chi connectivity index (χ0v) is 14.3. The molecule has 0 aromatic carbocycles. The summed E-state index contributed by atoms with van der Waals surface area (Å²) in [5.41, 5.74) is 3.60. The molecule has 0 radical (unpaired) electrons. The summed E-state index contributed by atoms with van der Waals surface area (Å²) in [5.74, 6) is 1.85. The maximum atomic E-state index is 4.72. The van der Waals surface area contributed by atoms with Crippen molar-refractivity contribution in [2.75, 3.05) is 11.9 Å². The summed E-state index contributed by atoms with van der Waals surface area (Å²) < 4.78 is 3.26. The molecule has 0 unspecified atom stereocenters. The van der Waals surface area contributed by atoms with Crippen LogP contribution in [0.25, 0.3) is 20.4 Å². The molecule has 4 rings (SSSR count). The lowest BCUT2D eigenvalue weighted by molar-refractivity contribution is 0.578. The van der Waals surface area contributed by atoms with Crippen molar-refractivity contribution in [2.24, 2.45) is 13.0 Å². The molecule has 4 nitrogen and oxygen atoms in total. The number of rotatable bonds is 3. The Labute approximate surface area is 134 Å². The largest absolute Gasteiger partial charge is 0.367 e. The van der Waals surface area contributed by atoms with Gasteiger partial charge in [0.2, 0.25) is 0 Å². The molecule has 22 heavy (non-hydrogen) atoms. The van der Waals surface area contributed by atoms with Crippen molar-refractivity contribution in [1.29, 1.82) is 0 Å². The van der Waals surface area contributed by atoms with Crippen molar-refractivity contribution in [1.82, 2.24) is 14.8 Å². The summed E-state index contributed by atoms with van der Waals surface area (Å²) in [7, 11) is 2.04. The van der Waals surface area contributed by atoms with Crippen LogP contribution in [0.1, 0.15) is 36.9 Å². The first-order chi connectivity index (χ1) is 10.6. The van der Waals surface area contributed by atoms with Crippen molar-refractivity contribution >= 4 is 37.6 Å². The Balaban J connectivity index is 1.77. The average molecular weight is 314 g/mol. The second-order valence-corrected chi connectivity index (χ2v) is 7.54. The highest BCUT2D eigenvalue weighted by molar-refractivity contribution is 7.26. The number of pyridine rings is 1. The molecule has 0 spiro atoms. The van der Waals surface area contributed by atoms with Crippen LogP contribution in [0.4, 0.5) is 5.82 Å². The fraction of sp³-hybridized carbons (Fsp3) is 0.529. The molecule has 1 aliphatic carbocycles. The van der Waals surface area contributed by atoms with Crippen LogP contribution in [0, 0.1) is 19.8 Å². The number of hydrogen-bond donors (Lipinski definition) is 1. The van der Waals surface area contributed by atoms with Crippen LogP contribution in [0.3, 0.4) is 0 Å². The molecule has 3 aromatic heterocycles. The number of nitrogens with one attached hydrogen (secondary N) is 1. The fourth-order valence-corrected chi connectivity index (χ4v) is 4.99. The van der Waals surface area contributed by atoms with Crippen molar-refractivity contribution in [2.45, 2.75) is 39.5 Å². The van der Waals surface area contributed by atoms with Gasteiger partial charge in [-0.15, -0.1) is 11.3 Å². The van der Waals surface area contributed by atoms with Gasteiger partial charge >= 0.3 is 0 Å². The molecule has 116 valence electrons. The van der Waals surface area contributed by atoms with Crippen LogP contribution in [0.15, 0.2) is 6.07 Å². The standard InChI is InChI=1S/C17H22N4S/c1-10-8-11(2)19-17-13(10)14-15(22-17)16(20-21(14)3)18-9-12-6-4-5-7-12/h8,12H,4-7,9H2,1-3H3,(H,18,20). The van der Waals surface area contributed by atoms with Gasteiger partial charge in [-0.2, -0.15) is 5.10 Å². The molecule has 1 fully saturated rings. The van der Waals surface area contributed by atoms with Gasteiger partial charge in [0.1, 0.15) is 4.83 Å². The normalized spacial score (nSPS) is 16.1. The first-order valence-electron chi connectivity index (χ1n) is 8.11. The first kappa shape index (κ1) is 14.0. The van der Waals surface area contributed by atoms with Gasteiger partial charge in [-0.1, -0.05) is 12.8 Å². The zero-order valence-electron chi connectivity index (χ0n) is 13.4. The van der Waals surface area contributed by atoms with Crippen LogP contribution >= 0.6 is 11.3 Å². The van der Waals surface area contributed by atoms with Crippen LogP contribution < -0.4 is 5.32 Å². The van der Waals surface area contributed by atoms with E-state index in [4.69, 9.17) is 10.1 Å². The lowest BCUT2D eigenvalue weighted by Gasteiger charge is -2.09. The molecule has 0 saturated heterocycles. The highest BCUT2D eigenvalue weighted by Crippen LogP contribution is 2.39. The predicted octanol–water partition coefficient (Wildman–Crippen LogP) is 4.40. The third-order valence-electron chi connectivity index (χ3n) is 4.78. The molecule has 3 heterocycles. The van der Waals surface area contributed by atoms with Gasteiger partial charge in [-0.3, -0.25) is 4.68 Å². The summed E-state index contributed by atoms with van der Waals surface area (Å²) in [6.45, 7) is 5.28. The second-order valence-electron chi connectivity index (χ2n) is 6.54. The minimum absolute atomic E-state index is 0.813. The number of anilines is 1. The van der Waals surface area contributed by atoms with E-state index in [-0.39, 0.29) is 0 Å². The van der Waals surface area contributed by atoms with Crippen LogP contribution in [-0.2, 0) is 7.05 Å². The maximum absolute atomic E-state index is 4.72. The van der Waals surface area contributed by atoms with Gasteiger partial charge in [0, 0.05) is 24.7 Å². The Bertz CT molecular complexity index is 839. The van der Waals surface area contributed by atoms with Crippen LogP contribution in [0.2, 0.25) is 0 Å². The average Bonchev–Trinajstić information content (AvgIpc) is 3.14. The lowest BCUT2D eigenvalue weighted by Crippen LogP contribution is -2.11. The Hall–Kier alpha value is -1.62. The Morgan fingerprint density at radius 2 is 2.09 bits per heavy atom. The molecule has 1 saturated carbocycles. The maximum Gasteiger partial charge on any atom is 0.166 e. The Morgan fingerprint density at radius 3 is 2.86 bits per heavy atom. The molecule has 0 amide bonds. The molecule has 5 heteroatoms. The van der Waals surface area contributed by atoms with Gasteiger partial charge < -0.3 is 5.32 Å². The number of hydrogen-bond acceptors (Lipinski definition) is 4. The quantitative estimate of drug-likeness (QED) is 0.779. The number of fused-ring (bicyclic) bond motifs is 3. The minimum Gasteiger partial charge on any atom is -0.367 e. The number of aromatic nitrogens is 3. The zero-order chi connectivity index (χ0) is 15.3. The van der Waals surface area contributed by atoms with E-state index in [0.717, 1.165) is 28.8 Å². The monoisotopic (exact) mass is 314 g/mol. The lowest BCUT2D eigenvalue weighted by atomic mass is 10.1. The molecule has 3 aromatic rings.